The highest BCUT2D eigenvalue weighted by molar-refractivity contribution is 6.01. The summed E-state index contributed by atoms with van der Waals surface area (Å²) >= 11 is 0. The molecule has 0 radical (unpaired) electrons. The molecule has 1 saturated heterocycles. The van der Waals surface area contributed by atoms with Gasteiger partial charge in [0.2, 0.25) is 6.41 Å². The summed E-state index contributed by atoms with van der Waals surface area (Å²) in [6.45, 7) is 1.79. The molecule has 1 aliphatic rings. The number of aromatic nitrogens is 1. The van der Waals surface area contributed by atoms with Crippen molar-refractivity contribution in [1.82, 2.24) is 9.88 Å². The predicted octanol–water partition coefficient (Wildman–Crippen LogP) is 0.263. The van der Waals surface area contributed by atoms with E-state index in [2.05, 4.69) is 10.3 Å². The second-order valence-electron chi connectivity index (χ2n) is 3.61. The summed E-state index contributed by atoms with van der Waals surface area (Å²) in [7, 11) is 0. The molecule has 0 unspecified atom stereocenters. The molecule has 6 nitrogen and oxygen atoms in total. The van der Waals surface area contributed by atoms with E-state index in [-0.39, 0.29) is 0 Å². The third-order valence-electron chi connectivity index (χ3n) is 2.57. The van der Waals surface area contributed by atoms with Gasteiger partial charge in [0.05, 0.1) is 5.56 Å². The van der Waals surface area contributed by atoms with Gasteiger partial charge in [0.1, 0.15) is 11.7 Å². The van der Waals surface area contributed by atoms with Gasteiger partial charge < -0.3 is 16.0 Å². The van der Waals surface area contributed by atoms with Gasteiger partial charge >= 0.3 is 0 Å². The number of amidine groups is 1. The Morgan fingerprint density at radius 2 is 2.38 bits per heavy atom. The molecule has 2 heterocycles. The first-order valence-electron chi connectivity index (χ1n) is 5.02. The first-order valence-corrected chi connectivity index (χ1v) is 5.02. The van der Waals surface area contributed by atoms with Gasteiger partial charge in [0.15, 0.2) is 0 Å². The van der Waals surface area contributed by atoms with Gasteiger partial charge in [-0.1, -0.05) is 0 Å². The first-order chi connectivity index (χ1) is 7.72. The van der Waals surface area contributed by atoms with Crippen molar-refractivity contribution in [3.63, 3.8) is 0 Å². The summed E-state index contributed by atoms with van der Waals surface area (Å²) in [5, 5.41) is 10.3. The van der Waals surface area contributed by atoms with Crippen molar-refractivity contribution >= 4 is 23.8 Å². The van der Waals surface area contributed by atoms with Crippen molar-refractivity contribution in [3.8, 4) is 0 Å². The zero-order chi connectivity index (χ0) is 11.5. The van der Waals surface area contributed by atoms with Crippen LogP contribution in [0.15, 0.2) is 12.3 Å². The molecular weight excluding hydrogens is 206 g/mol. The van der Waals surface area contributed by atoms with Gasteiger partial charge in [-0.25, -0.2) is 4.98 Å². The number of anilines is 2. The highest BCUT2D eigenvalue weighted by atomic mass is 16.1. The number of hydrogen-bond acceptors (Lipinski definition) is 4. The van der Waals surface area contributed by atoms with E-state index in [0.717, 1.165) is 19.5 Å². The second-order valence-corrected chi connectivity index (χ2v) is 3.61. The van der Waals surface area contributed by atoms with Crippen LogP contribution in [0.2, 0.25) is 0 Å². The fourth-order valence-electron chi connectivity index (χ4n) is 1.52. The van der Waals surface area contributed by atoms with E-state index in [1.54, 1.807) is 6.07 Å². The van der Waals surface area contributed by atoms with Crippen LogP contribution >= 0.6 is 0 Å². The van der Waals surface area contributed by atoms with E-state index < -0.39 is 0 Å². The topological polar surface area (TPSA) is 95.1 Å². The van der Waals surface area contributed by atoms with Crippen LogP contribution in [0.3, 0.4) is 0 Å². The monoisotopic (exact) mass is 219 g/mol. The first kappa shape index (κ1) is 10.4. The Hall–Kier alpha value is -2.11. The van der Waals surface area contributed by atoms with Gasteiger partial charge in [0.25, 0.3) is 0 Å². The molecule has 0 atom stereocenters. The summed E-state index contributed by atoms with van der Waals surface area (Å²) < 4.78 is 0. The van der Waals surface area contributed by atoms with Crippen LogP contribution in [0.25, 0.3) is 0 Å². The molecule has 0 bridgehead atoms. The Balaban J connectivity index is 2.21. The van der Waals surface area contributed by atoms with Crippen molar-refractivity contribution in [1.29, 1.82) is 5.41 Å². The van der Waals surface area contributed by atoms with Crippen LogP contribution < -0.4 is 11.1 Å². The van der Waals surface area contributed by atoms with Crippen molar-refractivity contribution in [2.45, 2.75) is 6.42 Å². The molecule has 1 aromatic heterocycles. The fourth-order valence-corrected chi connectivity index (χ4v) is 1.52. The summed E-state index contributed by atoms with van der Waals surface area (Å²) in [6.07, 6.45) is 3.17. The SMILES string of the molecule is N=C(c1cnc(NC=O)cc1N)N1CCC1. The van der Waals surface area contributed by atoms with Crippen LogP contribution in [0, 0.1) is 5.41 Å². The molecule has 1 fully saturated rings. The van der Waals surface area contributed by atoms with Crippen molar-refractivity contribution in [2.24, 2.45) is 0 Å². The average Bonchev–Trinajstić information content (AvgIpc) is 2.15. The maximum Gasteiger partial charge on any atom is 0.212 e. The number of rotatable bonds is 3. The molecule has 6 heteroatoms. The Labute approximate surface area is 93.0 Å². The number of nitrogens with two attached hydrogens (primary N) is 1. The van der Waals surface area contributed by atoms with Gasteiger partial charge in [0, 0.05) is 31.0 Å². The molecule has 0 saturated carbocycles. The quantitative estimate of drug-likeness (QED) is 0.386. The normalized spacial score (nSPS) is 14.1. The second kappa shape index (κ2) is 4.18. The zero-order valence-corrected chi connectivity index (χ0v) is 8.73. The lowest BCUT2D eigenvalue weighted by Gasteiger charge is -2.33. The summed E-state index contributed by atoms with van der Waals surface area (Å²) in [5.74, 6) is 0.793. The molecular formula is C10H13N5O. The van der Waals surface area contributed by atoms with Crippen LogP contribution in [0.4, 0.5) is 11.5 Å². The van der Waals surface area contributed by atoms with E-state index in [1.165, 1.54) is 6.20 Å². The minimum Gasteiger partial charge on any atom is -0.398 e. The number of hydrogen-bond donors (Lipinski definition) is 3. The Kier molecular flexibility index (Phi) is 2.72. The van der Waals surface area contributed by atoms with E-state index in [1.807, 2.05) is 4.90 Å². The van der Waals surface area contributed by atoms with Crippen LogP contribution in [-0.4, -0.2) is 35.2 Å². The largest absolute Gasteiger partial charge is 0.398 e. The summed E-state index contributed by atoms with van der Waals surface area (Å²) in [4.78, 5) is 16.2. The van der Waals surface area contributed by atoms with Crippen molar-refractivity contribution in [2.75, 3.05) is 24.1 Å². The minimum absolute atomic E-state index is 0.396. The smallest absolute Gasteiger partial charge is 0.212 e. The van der Waals surface area contributed by atoms with Crippen molar-refractivity contribution < 1.29 is 4.79 Å². The van der Waals surface area contributed by atoms with Gasteiger partial charge in [-0.05, 0) is 6.42 Å². The van der Waals surface area contributed by atoms with Gasteiger partial charge in [-0.3, -0.25) is 10.2 Å². The molecule has 0 aromatic carbocycles. The maximum atomic E-state index is 10.2. The van der Waals surface area contributed by atoms with E-state index in [4.69, 9.17) is 11.1 Å². The van der Waals surface area contributed by atoms with Gasteiger partial charge in [-0.2, -0.15) is 0 Å². The maximum absolute atomic E-state index is 10.2. The highest BCUT2D eigenvalue weighted by Gasteiger charge is 2.20. The number of carbonyl (C=O) groups excluding carboxylic acids is 1. The molecule has 1 aromatic rings. The number of pyridine rings is 1. The number of nitrogens with zero attached hydrogens (tertiary/aromatic N) is 2. The number of likely N-dealkylation sites (tertiary alicyclic amines) is 1. The van der Waals surface area contributed by atoms with Crippen LogP contribution in [-0.2, 0) is 4.79 Å². The Bertz CT molecular complexity index is 427. The molecule has 0 spiro atoms. The number of nitrogens with one attached hydrogen (secondary N) is 2. The summed E-state index contributed by atoms with van der Waals surface area (Å²) in [5.41, 5.74) is 6.87. The number of amides is 1. The highest BCUT2D eigenvalue weighted by Crippen LogP contribution is 2.19. The van der Waals surface area contributed by atoms with E-state index in [9.17, 15) is 4.79 Å². The third-order valence-corrected chi connectivity index (χ3v) is 2.57. The average molecular weight is 219 g/mol. The fraction of sp³-hybridized carbons (Fsp3) is 0.300. The molecule has 84 valence electrons. The molecule has 16 heavy (non-hydrogen) atoms. The lowest BCUT2D eigenvalue weighted by Crippen LogP contribution is -2.42. The molecule has 1 aliphatic heterocycles. The lowest BCUT2D eigenvalue weighted by molar-refractivity contribution is -0.105. The Morgan fingerprint density at radius 1 is 1.62 bits per heavy atom. The molecule has 1 amide bonds. The van der Waals surface area contributed by atoms with Crippen LogP contribution in [0.1, 0.15) is 12.0 Å². The Morgan fingerprint density at radius 3 is 2.88 bits per heavy atom. The molecule has 2 rings (SSSR count). The zero-order valence-electron chi connectivity index (χ0n) is 8.73. The van der Waals surface area contributed by atoms with Gasteiger partial charge in [-0.15, -0.1) is 0 Å². The standard InChI is InChI=1S/C10H13N5O/c11-8-4-9(14-6-16)13-5-7(8)10(12)15-2-1-3-15/h4-6,12H,1-3H2,(H3,11,13,14,16). The molecule has 0 aliphatic carbocycles. The minimum atomic E-state index is 0.396. The number of carbonyl (C=O) groups is 1. The van der Waals surface area contributed by atoms with Crippen LogP contribution in [0.5, 0.6) is 0 Å². The lowest BCUT2D eigenvalue weighted by atomic mass is 10.1. The third kappa shape index (κ3) is 1.81. The van der Waals surface area contributed by atoms with E-state index in [0.29, 0.717) is 29.3 Å². The number of nitrogen functional groups attached to an aromatic ring is 1. The molecule has 4 N–H and O–H groups in total. The van der Waals surface area contributed by atoms with Crippen molar-refractivity contribution in [3.05, 3.63) is 17.8 Å². The van der Waals surface area contributed by atoms with E-state index >= 15 is 0 Å². The summed E-state index contributed by atoms with van der Waals surface area (Å²) in [6, 6.07) is 1.55. The predicted molar refractivity (Wildman–Crippen MR) is 61.4 cm³/mol.